The molecule has 5 rings (SSSR count). The maximum atomic E-state index is 11.9. The summed E-state index contributed by atoms with van der Waals surface area (Å²) in [5.74, 6) is 3.11. The van der Waals surface area contributed by atoms with Crippen molar-refractivity contribution < 1.29 is 14.3 Å². The van der Waals surface area contributed by atoms with E-state index in [1.165, 1.54) is 37.7 Å². The first kappa shape index (κ1) is 16.8. The second kappa shape index (κ2) is 5.59. The highest BCUT2D eigenvalue weighted by Gasteiger charge is 2.60. The fraction of sp³-hybridized carbons (Fsp3) is 0.818. The molecule has 1 saturated heterocycles. The summed E-state index contributed by atoms with van der Waals surface area (Å²) < 4.78 is 5.62. The van der Waals surface area contributed by atoms with E-state index in [0.717, 1.165) is 37.0 Å². The number of amides is 1. The number of nitrogens with one attached hydrogen (secondary N) is 1. The van der Waals surface area contributed by atoms with Gasteiger partial charge in [-0.05, 0) is 79.6 Å². The van der Waals surface area contributed by atoms with Crippen molar-refractivity contribution in [3.05, 3.63) is 11.6 Å². The monoisotopic (exact) mass is 357 g/mol. The van der Waals surface area contributed by atoms with Crippen molar-refractivity contribution in [2.24, 2.45) is 34.5 Å². The highest BCUT2D eigenvalue weighted by atomic mass is 16.6. The number of allylic oxidation sites excluding steroid dienone is 1. The number of hydrogen-bond acceptors (Lipinski definition) is 3. The molecule has 1 aliphatic heterocycles. The minimum Gasteiger partial charge on any atom is -0.444 e. The lowest BCUT2D eigenvalue weighted by Crippen LogP contribution is -2.51. The molecule has 4 heteroatoms. The van der Waals surface area contributed by atoms with Gasteiger partial charge in [-0.2, -0.15) is 0 Å². The van der Waals surface area contributed by atoms with E-state index in [9.17, 15) is 9.59 Å². The van der Waals surface area contributed by atoms with Crippen LogP contribution in [-0.2, 0) is 9.53 Å². The van der Waals surface area contributed by atoms with Crippen LogP contribution >= 0.6 is 0 Å². The predicted octanol–water partition coefficient (Wildman–Crippen LogP) is 4.24. The predicted molar refractivity (Wildman–Crippen MR) is 98.5 cm³/mol. The Bertz CT molecular complexity index is 685. The number of alkyl carbamates (subject to hydrolysis) is 1. The van der Waals surface area contributed by atoms with Crippen LogP contribution in [0.3, 0.4) is 0 Å². The summed E-state index contributed by atoms with van der Waals surface area (Å²) in [6.07, 6.45) is 11.0. The molecule has 4 aliphatic carbocycles. The van der Waals surface area contributed by atoms with Crippen LogP contribution in [0.25, 0.3) is 0 Å². The molecule has 1 heterocycles. The van der Waals surface area contributed by atoms with Gasteiger partial charge in [0.25, 0.3) is 0 Å². The van der Waals surface area contributed by atoms with Crippen LogP contribution in [0.5, 0.6) is 0 Å². The van der Waals surface area contributed by atoms with Crippen LogP contribution in [0.15, 0.2) is 11.6 Å². The Morgan fingerprint density at radius 1 is 1.00 bits per heavy atom. The molecule has 26 heavy (non-hydrogen) atoms. The van der Waals surface area contributed by atoms with Crippen LogP contribution in [-0.4, -0.2) is 24.5 Å². The zero-order valence-corrected chi connectivity index (χ0v) is 16.1. The van der Waals surface area contributed by atoms with Crippen molar-refractivity contribution in [2.75, 3.05) is 6.54 Å². The van der Waals surface area contributed by atoms with Gasteiger partial charge in [0.2, 0.25) is 0 Å². The molecule has 1 unspecified atom stereocenters. The van der Waals surface area contributed by atoms with E-state index >= 15 is 0 Å². The molecule has 7 atom stereocenters. The molecular weight excluding hydrogens is 326 g/mol. The van der Waals surface area contributed by atoms with Crippen molar-refractivity contribution in [2.45, 2.75) is 71.3 Å². The van der Waals surface area contributed by atoms with Crippen LogP contribution in [0.1, 0.15) is 65.2 Å². The van der Waals surface area contributed by atoms with Crippen LogP contribution in [0.2, 0.25) is 0 Å². The molecule has 1 N–H and O–H groups in total. The van der Waals surface area contributed by atoms with E-state index in [4.69, 9.17) is 4.74 Å². The lowest BCUT2D eigenvalue weighted by atomic mass is 9.46. The Hall–Kier alpha value is -1.32. The van der Waals surface area contributed by atoms with E-state index < -0.39 is 0 Å². The first-order chi connectivity index (χ1) is 12.4. The molecule has 142 valence electrons. The molecule has 0 radical (unpaired) electrons. The third-order valence-electron chi connectivity index (χ3n) is 9.19. The van der Waals surface area contributed by atoms with Gasteiger partial charge < -0.3 is 10.1 Å². The molecule has 3 saturated carbocycles. The van der Waals surface area contributed by atoms with Crippen molar-refractivity contribution in [3.63, 3.8) is 0 Å². The van der Waals surface area contributed by atoms with Gasteiger partial charge >= 0.3 is 6.09 Å². The third kappa shape index (κ3) is 2.20. The zero-order chi connectivity index (χ0) is 18.1. The summed E-state index contributed by atoms with van der Waals surface area (Å²) in [6.45, 7) is 5.61. The lowest BCUT2D eigenvalue weighted by molar-refractivity contribution is -0.117. The first-order valence-electron chi connectivity index (χ1n) is 10.6. The van der Waals surface area contributed by atoms with Gasteiger partial charge in [0.1, 0.15) is 6.10 Å². The highest BCUT2D eigenvalue weighted by molar-refractivity contribution is 5.91. The Balaban J connectivity index is 1.42. The minimum atomic E-state index is -0.234. The summed E-state index contributed by atoms with van der Waals surface area (Å²) in [4.78, 5) is 23.5. The van der Waals surface area contributed by atoms with E-state index in [-0.39, 0.29) is 17.6 Å². The number of cyclic esters (lactones) is 1. The van der Waals surface area contributed by atoms with E-state index in [1.54, 1.807) is 0 Å². The number of fused-ring (bicyclic) bond motifs is 5. The van der Waals surface area contributed by atoms with Gasteiger partial charge in [-0.15, -0.1) is 0 Å². The van der Waals surface area contributed by atoms with E-state index in [0.29, 0.717) is 23.7 Å². The molecule has 5 aliphatic rings. The quantitative estimate of drug-likeness (QED) is 0.763. The first-order valence-corrected chi connectivity index (χ1v) is 10.6. The van der Waals surface area contributed by atoms with Gasteiger partial charge in [0.15, 0.2) is 5.78 Å². The maximum absolute atomic E-state index is 11.9. The number of carbonyl (C=O) groups is 2. The fourth-order valence-electron chi connectivity index (χ4n) is 7.84. The van der Waals surface area contributed by atoms with Crippen molar-refractivity contribution >= 4 is 11.9 Å². The molecule has 0 aromatic rings. The SMILES string of the molecule is C[C@]12CC[C@H]3[C@@H](CCC4=CC(=O)CC[C@@]43C)[C@@H]1CC[C@@H]2C1CNC(=O)O1. The largest absolute Gasteiger partial charge is 0.444 e. The van der Waals surface area contributed by atoms with Crippen molar-refractivity contribution in [1.82, 2.24) is 5.32 Å². The summed E-state index contributed by atoms with van der Waals surface area (Å²) >= 11 is 0. The molecule has 0 aromatic heterocycles. The topological polar surface area (TPSA) is 55.4 Å². The van der Waals surface area contributed by atoms with Crippen LogP contribution in [0, 0.1) is 34.5 Å². The van der Waals surface area contributed by atoms with Crippen LogP contribution < -0.4 is 5.32 Å². The Morgan fingerprint density at radius 3 is 2.58 bits per heavy atom. The molecular formula is C22H31NO3. The molecule has 4 nitrogen and oxygen atoms in total. The van der Waals surface area contributed by atoms with Gasteiger partial charge in [0.05, 0.1) is 6.54 Å². The number of ketones is 1. The Morgan fingerprint density at radius 2 is 1.81 bits per heavy atom. The van der Waals surface area contributed by atoms with Gasteiger partial charge in [-0.3, -0.25) is 4.79 Å². The molecule has 4 fully saturated rings. The molecule has 0 spiro atoms. The van der Waals surface area contributed by atoms with E-state index in [1.807, 2.05) is 6.08 Å². The third-order valence-corrected chi connectivity index (χ3v) is 9.19. The highest BCUT2D eigenvalue weighted by Crippen LogP contribution is 2.67. The maximum Gasteiger partial charge on any atom is 0.407 e. The minimum absolute atomic E-state index is 0.0657. The molecule has 0 bridgehead atoms. The lowest BCUT2D eigenvalue weighted by Gasteiger charge is -2.58. The van der Waals surface area contributed by atoms with Crippen molar-refractivity contribution in [3.8, 4) is 0 Å². The van der Waals surface area contributed by atoms with Gasteiger partial charge in [-0.1, -0.05) is 19.4 Å². The number of hydrogen-bond donors (Lipinski definition) is 1. The zero-order valence-electron chi connectivity index (χ0n) is 16.1. The molecule has 1 amide bonds. The average molecular weight is 357 g/mol. The average Bonchev–Trinajstić information content (AvgIpc) is 3.18. The van der Waals surface area contributed by atoms with Gasteiger partial charge in [-0.25, -0.2) is 4.79 Å². The Labute approximate surface area is 156 Å². The normalized spacial score (nSPS) is 50.2. The molecule has 0 aromatic carbocycles. The van der Waals surface area contributed by atoms with E-state index in [2.05, 4.69) is 19.2 Å². The number of carbonyl (C=O) groups excluding carboxylic acids is 2. The summed E-state index contributed by atoms with van der Waals surface area (Å²) in [7, 11) is 0. The summed E-state index contributed by atoms with van der Waals surface area (Å²) in [5.41, 5.74) is 2.00. The van der Waals surface area contributed by atoms with Crippen LogP contribution in [0.4, 0.5) is 4.79 Å². The number of ether oxygens (including phenoxy) is 1. The van der Waals surface area contributed by atoms with Crippen molar-refractivity contribution in [1.29, 1.82) is 0 Å². The standard InChI is InChI=1S/C22H31NO3/c1-21-9-7-14(24)11-13(21)3-4-15-16-5-6-18(19-12-23-20(25)26-19)22(16,2)10-8-17(15)21/h11,15-19H,3-10,12H2,1-2H3,(H,23,25)/t15-,16-,17-,18+,19?,21-,22-/m0/s1. The summed E-state index contributed by atoms with van der Waals surface area (Å²) in [6, 6.07) is 0. The number of rotatable bonds is 1. The summed E-state index contributed by atoms with van der Waals surface area (Å²) in [5, 5.41) is 2.86. The second-order valence-corrected chi connectivity index (χ2v) is 10.0. The second-order valence-electron chi connectivity index (χ2n) is 10.0. The smallest absolute Gasteiger partial charge is 0.407 e. The fourth-order valence-corrected chi connectivity index (χ4v) is 7.84. The van der Waals surface area contributed by atoms with Gasteiger partial charge in [0, 0.05) is 12.3 Å². The Kier molecular flexibility index (Phi) is 3.62.